The molecule has 5 nitrogen and oxygen atoms in total. The monoisotopic (exact) mass is 284 g/mol. The van der Waals surface area contributed by atoms with Crippen molar-refractivity contribution < 1.29 is 24.4 Å². The third kappa shape index (κ3) is 1.56. The van der Waals surface area contributed by atoms with E-state index in [2.05, 4.69) is 6.92 Å². The van der Waals surface area contributed by atoms with E-state index in [9.17, 15) is 5.11 Å². The number of hydrogen-bond acceptors (Lipinski definition) is 5. The van der Waals surface area contributed by atoms with Gasteiger partial charge in [-0.3, -0.25) is 0 Å². The molecule has 5 heteroatoms. The number of fused-ring (bicyclic) bond motifs is 2. The number of hydrogen-bond donors (Lipinski definition) is 1. The standard InChI is InChI=1S/C15H24O5/c1-8-4-5-11-9(2)12(16)17-13-15(11)10(8)6-7-14(3,18-13)19-20-15/h8-13,16H,4-7H2,1-3H3/t8-,9-,10?,11?,12+,13?,14-,15-/m1/s1. The summed E-state index contributed by atoms with van der Waals surface area (Å²) in [5, 5.41) is 10.2. The van der Waals surface area contributed by atoms with Gasteiger partial charge in [-0.1, -0.05) is 13.8 Å². The topological polar surface area (TPSA) is 57.2 Å². The summed E-state index contributed by atoms with van der Waals surface area (Å²) < 4.78 is 11.9. The fourth-order valence-corrected chi connectivity index (χ4v) is 4.89. The zero-order valence-corrected chi connectivity index (χ0v) is 12.4. The summed E-state index contributed by atoms with van der Waals surface area (Å²) in [6.45, 7) is 6.22. The first-order valence-corrected chi connectivity index (χ1v) is 7.84. The molecule has 5 aliphatic rings. The number of rotatable bonds is 0. The Hall–Kier alpha value is -0.200. The van der Waals surface area contributed by atoms with Gasteiger partial charge < -0.3 is 14.6 Å². The van der Waals surface area contributed by atoms with Gasteiger partial charge in [0.05, 0.1) is 0 Å². The van der Waals surface area contributed by atoms with E-state index in [4.69, 9.17) is 19.2 Å². The van der Waals surface area contributed by atoms with Gasteiger partial charge in [0.2, 0.25) is 5.79 Å². The third-order valence-electron chi connectivity index (χ3n) is 6.12. The van der Waals surface area contributed by atoms with E-state index in [0.29, 0.717) is 11.8 Å². The van der Waals surface area contributed by atoms with Gasteiger partial charge in [-0.05, 0) is 38.0 Å². The van der Waals surface area contributed by atoms with Crippen molar-refractivity contribution in [3.63, 3.8) is 0 Å². The van der Waals surface area contributed by atoms with Gasteiger partial charge in [0.15, 0.2) is 18.2 Å². The summed E-state index contributed by atoms with van der Waals surface area (Å²) in [5.41, 5.74) is -0.549. The highest BCUT2D eigenvalue weighted by atomic mass is 17.3. The van der Waals surface area contributed by atoms with Crippen LogP contribution in [-0.4, -0.2) is 29.1 Å². The summed E-state index contributed by atoms with van der Waals surface area (Å²) in [6.07, 6.45) is 2.72. The molecule has 3 unspecified atom stereocenters. The molecule has 4 saturated heterocycles. The molecular weight excluding hydrogens is 260 g/mol. The lowest BCUT2D eigenvalue weighted by molar-refractivity contribution is -0.576. The molecule has 1 aliphatic carbocycles. The third-order valence-corrected chi connectivity index (χ3v) is 6.12. The smallest absolute Gasteiger partial charge is 0.201 e. The van der Waals surface area contributed by atoms with Crippen molar-refractivity contribution in [2.45, 2.75) is 70.4 Å². The molecule has 1 spiro atoms. The molecule has 0 radical (unpaired) electrons. The van der Waals surface area contributed by atoms with Crippen molar-refractivity contribution in [2.24, 2.45) is 23.7 Å². The van der Waals surface area contributed by atoms with Crippen molar-refractivity contribution in [2.75, 3.05) is 0 Å². The Morgan fingerprint density at radius 3 is 2.65 bits per heavy atom. The first kappa shape index (κ1) is 13.5. The normalized spacial score (nSPS) is 61.8. The van der Waals surface area contributed by atoms with Crippen LogP contribution in [0.3, 0.4) is 0 Å². The molecule has 5 rings (SSSR count). The maximum Gasteiger partial charge on any atom is 0.201 e. The van der Waals surface area contributed by atoms with E-state index in [1.54, 1.807) is 0 Å². The molecule has 0 aromatic rings. The number of aliphatic hydroxyl groups excluding tert-OH is 1. The van der Waals surface area contributed by atoms with Crippen LogP contribution >= 0.6 is 0 Å². The quantitative estimate of drug-likeness (QED) is 0.691. The van der Waals surface area contributed by atoms with Crippen LogP contribution in [0.5, 0.6) is 0 Å². The van der Waals surface area contributed by atoms with Crippen LogP contribution in [-0.2, 0) is 19.2 Å². The highest BCUT2D eigenvalue weighted by Gasteiger charge is 2.69. The molecule has 20 heavy (non-hydrogen) atoms. The van der Waals surface area contributed by atoms with Crippen LogP contribution in [0.1, 0.15) is 46.5 Å². The SMILES string of the molecule is C[C@@H]1CCC2[C@@H](C)[C@@H](O)OC3O[C@@]4(C)CCC1[C@]32OO4. The fraction of sp³-hybridized carbons (Fsp3) is 1.00. The van der Waals surface area contributed by atoms with Crippen molar-refractivity contribution in [1.29, 1.82) is 0 Å². The average Bonchev–Trinajstić information content (AvgIpc) is 2.63. The van der Waals surface area contributed by atoms with E-state index in [-0.39, 0.29) is 11.8 Å². The van der Waals surface area contributed by atoms with Crippen LogP contribution in [0.25, 0.3) is 0 Å². The van der Waals surface area contributed by atoms with E-state index < -0.39 is 24.0 Å². The van der Waals surface area contributed by atoms with Gasteiger partial charge in [0.1, 0.15) is 0 Å². The molecule has 1 saturated carbocycles. The molecular formula is C15H24O5. The second-order valence-electron chi connectivity index (χ2n) is 7.30. The average molecular weight is 284 g/mol. The van der Waals surface area contributed by atoms with Gasteiger partial charge in [-0.25, -0.2) is 9.78 Å². The molecule has 5 fully saturated rings. The highest BCUT2D eigenvalue weighted by molar-refractivity contribution is 5.08. The van der Waals surface area contributed by atoms with E-state index >= 15 is 0 Å². The zero-order chi connectivity index (χ0) is 14.1. The Balaban J connectivity index is 1.82. The van der Waals surface area contributed by atoms with Gasteiger partial charge >= 0.3 is 0 Å². The molecule has 0 amide bonds. The molecule has 4 heterocycles. The number of ether oxygens (including phenoxy) is 2. The van der Waals surface area contributed by atoms with Crippen molar-refractivity contribution in [3.05, 3.63) is 0 Å². The summed E-state index contributed by atoms with van der Waals surface area (Å²) >= 11 is 0. The lowest BCUT2D eigenvalue weighted by Crippen LogP contribution is -2.70. The predicted molar refractivity (Wildman–Crippen MR) is 69.0 cm³/mol. The Bertz CT molecular complexity index is 411. The maximum atomic E-state index is 10.2. The van der Waals surface area contributed by atoms with E-state index in [1.807, 2.05) is 13.8 Å². The van der Waals surface area contributed by atoms with Crippen molar-refractivity contribution in [1.82, 2.24) is 0 Å². The first-order chi connectivity index (χ1) is 9.46. The molecule has 4 aliphatic heterocycles. The van der Waals surface area contributed by atoms with Gasteiger partial charge in [0, 0.05) is 18.3 Å². The van der Waals surface area contributed by atoms with Crippen molar-refractivity contribution in [3.8, 4) is 0 Å². The summed E-state index contributed by atoms with van der Waals surface area (Å²) in [4.78, 5) is 11.6. The van der Waals surface area contributed by atoms with Gasteiger partial charge in [0.25, 0.3) is 0 Å². The second kappa shape index (κ2) is 4.17. The van der Waals surface area contributed by atoms with Gasteiger partial charge in [-0.2, -0.15) is 0 Å². The summed E-state index contributed by atoms with van der Waals surface area (Å²) in [6, 6.07) is 0. The minimum atomic E-state index is -0.781. The van der Waals surface area contributed by atoms with Crippen LogP contribution in [0, 0.1) is 23.7 Å². The van der Waals surface area contributed by atoms with Crippen LogP contribution < -0.4 is 0 Å². The lowest BCUT2D eigenvalue weighted by Gasteiger charge is -2.59. The zero-order valence-electron chi connectivity index (χ0n) is 12.4. The summed E-state index contributed by atoms with van der Waals surface area (Å²) in [7, 11) is 0. The minimum Gasteiger partial charge on any atom is -0.368 e. The van der Waals surface area contributed by atoms with E-state index in [1.165, 1.54) is 6.42 Å². The van der Waals surface area contributed by atoms with Gasteiger partial charge in [-0.15, -0.1) is 0 Å². The van der Waals surface area contributed by atoms with E-state index in [0.717, 1.165) is 19.3 Å². The maximum absolute atomic E-state index is 10.2. The Morgan fingerprint density at radius 1 is 1.05 bits per heavy atom. The van der Waals surface area contributed by atoms with Crippen LogP contribution in [0.2, 0.25) is 0 Å². The Kier molecular flexibility index (Phi) is 2.81. The molecule has 2 bridgehead atoms. The molecule has 8 atom stereocenters. The largest absolute Gasteiger partial charge is 0.368 e. The fourth-order valence-electron chi connectivity index (χ4n) is 4.89. The molecule has 1 N–H and O–H groups in total. The first-order valence-electron chi connectivity index (χ1n) is 7.84. The number of aliphatic hydroxyl groups is 1. The highest BCUT2D eigenvalue weighted by Crippen LogP contribution is 2.60. The Morgan fingerprint density at radius 2 is 1.85 bits per heavy atom. The Labute approximate surface area is 119 Å². The molecule has 0 aromatic carbocycles. The van der Waals surface area contributed by atoms with Crippen LogP contribution in [0.15, 0.2) is 0 Å². The second-order valence-corrected chi connectivity index (χ2v) is 7.30. The van der Waals surface area contributed by atoms with Crippen molar-refractivity contribution >= 4 is 0 Å². The molecule has 114 valence electrons. The summed E-state index contributed by atoms with van der Waals surface area (Å²) in [5.74, 6) is 0.437. The lowest BCUT2D eigenvalue weighted by atomic mass is 9.58. The molecule has 0 aromatic heterocycles. The predicted octanol–water partition coefficient (Wildman–Crippen LogP) is 2.19. The van der Waals surface area contributed by atoms with Crippen LogP contribution in [0.4, 0.5) is 0 Å². The minimum absolute atomic E-state index is 0.0379.